The molecule has 0 saturated carbocycles. The zero-order valence-electron chi connectivity index (χ0n) is 15.1. The van der Waals surface area contributed by atoms with Gasteiger partial charge in [-0.25, -0.2) is 0 Å². The van der Waals surface area contributed by atoms with Gasteiger partial charge >= 0.3 is 0 Å². The minimum Gasteiger partial charge on any atom is -0.508 e. The second kappa shape index (κ2) is 9.77. The van der Waals surface area contributed by atoms with Crippen LogP contribution in [0.25, 0.3) is 0 Å². The molecule has 0 bridgehead atoms. The first-order valence-electron chi connectivity index (χ1n) is 8.24. The van der Waals surface area contributed by atoms with Crippen molar-refractivity contribution < 1.29 is 14.6 Å². The van der Waals surface area contributed by atoms with E-state index >= 15 is 0 Å². The van der Waals surface area contributed by atoms with Gasteiger partial charge in [-0.05, 0) is 49.4 Å². The van der Waals surface area contributed by atoms with Crippen LogP contribution in [0.5, 0.6) is 17.2 Å². The third-order valence-electron chi connectivity index (χ3n) is 3.66. The van der Waals surface area contributed by atoms with Crippen LogP contribution >= 0.6 is 11.6 Å². The number of phenols is 1. The standard InChI is InChI=1S/C19H24ClN3O3/c1-13(26-16-6-4-15(20)5-7-16)11-22-19(21-2)23-12-14-10-17(25-3)8-9-18(14)24/h4-10,13,24H,11-12H2,1-3H3,(H2,21,22,23). The van der Waals surface area contributed by atoms with Crippen molar-refractivity contribution in [3.05, 3.63) is 53.1 Å². The Balaban J connectivity index is 1.83. The second-order valence-corrected chi connectivity index (χ2v) is 6.12. The Kier molecular flexibility index (Phi) is 7.41. The van der Waals surface area contributed by atoms with Gasteiger partial charge in [-0.15, -0.1) is 0 Å². The van der Waals surface area contributed by atoms with Gasteiger partial charge in [-0.1, -0.05) is 11.6 Å². The van der Waals surface area contributed by atoms with Crippen LogP contribution in [0.2, 0.25) is 5.02 Å². The molecule has 26 heavy (non-hydrogen) atoms. The maximum Gasteiger partial charge on any atom is 0.191 e. The molecule has 2 aromatic rings. The van der Waals surface area contributed by atoms with E-state index in [9.17, 15) is 5.11 Å². The summed E-state index contributed by atoms with van der Waals surface area (Å²) >= 11 is 5.87. The predicted octanol–water partition coefficient (Wildman–Crippen LogP) is 3.19. The number of hydrogen-bond acceptors (Lipinski definition) is 4. The molecule has 6 nitrogen and oxygen atoms in total. The molecular weight excluding hydrogens is 354 g/mol. The lowest BCUT2D eigenvalue weighted by atomic mass is 10.2. The van der Waals surface area contributed by atoms with Gasteiger partial charge in [0.25, 0.3) is 0 Å². The monoisotopic (exact) mass is 377 g/mol. The molecule has 2 aromatic carbocycles. The highest BCUT2D eigenvalue weighted by Gasteiger charge is 2.08. The highest BCUT2D eigenvalue weighted by atomic mass is 35.5. The average molecular weight is 378 g/mol. The molecule has 0 fully saturated rings. The van der Waals surface area contributed by atoms with Crippen molar-refractivity contribution in [3.63, 3.8) is 0 Å². The summed E-state index contributed by atoms with van der Waals surface area (Å²) in [6.45, 7) is 2.93. The van der Waals surface area contributed by atoms with Crippen molar-refractivity contribution in [1.82, 2.24) is 10.6 Å². The van der Waals surface area contributed by atoms with E-state index in [0.717, 1.165) is 11.3 Å². The fourth-order valence-corrected chi connectivity index (χ4v) is 2.38. The molecule has 1 atom stereocenters. The van der Waals surface area contributed by atoms with E-state index in [2.05, 4.69) is 15.6 Å². The summed E-state index contributed by atoms with van der Waals surface area (Å²) in [6, 6.07) is 12.3. The van der Waals surface area contributed by atoms with Gasteiger partial charge in [0.2, 0.25) is 0 Å². The highest BCUT2D eigenvalue weighted by Crippen LogP contribution is 2.22. The van der Waals surface area contributed by atoms with E-state index in [1.54, 1.807) is 44.5 Å². The lowest BCUT2D eigenvalue weighted by molar-refractivity contribution is 0.224. The number of guanidine groups is 1. The van der Waals surface area contributed by atoms with Crippen LogP contribution in [0.4, 0.5) is 0 Å². The Labute approximate surface area is 158 Å². The van der Waals surface area contributed by atoms with Gasteiger partial charge < -0.3 is 25.2 Å². The van der Waals surface area contributed by atoms with Crippen molar-refractivity contribution >= 4 is 17.6 Å². The SMILES string of the molecule is CN=C(NCc1cc(OC)ccc1O)NCC(C)Oc1ccc(Cl)cc1. The molecule has 0 heterocycles. The Bertz CT molecular complexity index is 735. The molecule has 7 heteroatoms. The summed E-state index contributed by atoms with van der Waals surface area (Å²) < 4.78 is 11.0. The maximum absolute atomic E-state index is 9.93. The van der Waals surface area contributed by atoms with Crippen molar-refractivity contribution in [2.75, 3.05) is 20.7 Å². The quantitative estimate of drug-likeness (QED) is 0.510. The first-order valence-corrected chi connectivity index (χ1v) is 8.62. The van der Waals surface area contributed by atoms with E-state index in [1.165, 1.54) is 0 Å². The fraction of sp³-hybridized carbons (Fsp3) is 0.316. The number of benzene rings is 2. The summed E-state index contributed by atoms with van der Waals surface area (Å²) in [5.41, 5.74) is 0.720. The lowest BCUT2D eigenvalue weighted by Gasteiger charge is -2.18. The first kappa shape index (κ1) is 19.7. The summed E-state index contributed by atoms with van der Waals surface area (Å²) in [5, 5.41) is 17.0. The third-order valence-corrected chi connectivity index (χ3v) is 3.92. The molecule has 140 valence electrons. The number of ether oxygens (including phenoxy) is 2. The summed E-state index contributed by atoms with van der Waals surface area (Å²) in [7, 11) is 3.28. The number of aromatic hydroxyl groups is 1. The van der Waals surface area contributed by atoms with Crippen LogP contribution in [-0.4, -0.2) is 37.9 Å². The van der Waals surface area contributed by atoms with E-state index in [1.807, 2.05) is 19.1 Å². The smallest absolute Gasteiger partial charge is 0.191 e. The Hall–Kier alpha value is -2.60. The third kappa shape index (κ3) is 6.04. The number of nitrogens with zero attached hydrogens (tertiary/aromatic N) is 1. The van der Waals surface area contributed by atoms with Crippen LogP contribution in [0.3, 0.4) is 0 Å². The molecule has 0 aliphatic carbocycles. The zero-order chi connectivity index (χ0) is 18.9. The molecule has 2 rings (SSSR count). The molecular formula is C19H24ClN3O3. The number of rotatable bonds is 7. The molecule has 3 N–H and O–H groups in total. The molecule has 0 amide bonds. The van der Waals surface area contributed by atoms with Crippen molar-refractivity contribution in [1.29, 1.82) is 0 Å². The van der Waals surface area contributed by atoms with Crippen molar-refractivity contribution in [2.24, 2.45) is 4.99 Å². The first-order chi connectivity index (χ1) is 12.5. The van der Waals surface area contributed by atoms with Crippen LogP contribution < -0.4 is 20.1 Å². The maximum atomic E-state index is 9.93. The van der Waals surface area contributed by atoms with Crippen molar-refractivity contribution in [2.45, 2.75) is 19.6 Å². The highest BCUT2D eigenvalue weighted by molar-refractivity contribution is 6.30. The largest absolute Gasteiger partial charge is 0.508 e. The van der Waals surface area contributed by atoms with Crippen molar-refractivity contribution in [3.8, 4) is 17.2 Å². The Morgan fingerprint density at radius 3 is 2.50 bits per heavy atom. The molecule has 0 spiro atoms. The van der Waals surface area contributed by atoms with E-state index in [-0.39, 0.29) is 11.9 Å². The number of nitrogens with one attached hydrogen (secondary N) is 2. The minimum absolute atomic E-state index is 0.0695. The van der Waals surface area contributed by atoms with Gasteiger partial charge in [-0.3, -0.25) is 4.99 Å². The summed E-state index contributed by atoms with van der Waals surface area (Å²) in [5.74, 6) is 2.26. The van der Waals surface area contributed by atoms with Gasteiger partial charge in [0.05, 0.1) is 13.7 Å². The molecule has 0 radical (unpaired) electrons. The van der Waals surface area contributed by atoms with Crippen LogP contribution in [0, 0.1) is 0 Å². The summed E-state index contributed by atoms with van der Waals surface area (Å²) in [4.78, 5) is 4.17. The summed E-state index contributed by atoms with van der Waals surface area (Å²) in [6.07, 6.45) is -0.0695. The van der Waals surface area contributed by atoms with Gasteiger partial charge in [0, 0.05) is 24.2 Å². The normalized spacial score (nSPS) is 12.4. The molecule has 1 unspecified atom stereocenters. The number of halogens is 1. The number of hydrogen-bond donors (Lipinski definition) is 3. The number of aliphatic imine (C=N–C) groups is 1. The van der Waals surface area contributed by atoms with Crippen LogP contribution in [-0.2, 0) is 6.54 Å². The van der Waals surface area contributed by atoms with E-state index in [0.29, 0.717) is 29.8 Å². The van der Waals surface area contributed by atoms with Gasteiger partial charge in [-0.2, -0.15) is 0 Å². The van der Waals surface area contributed by atoms with Crippen LogP contribution in [0.15, 0.2) is 47.5 Å². The predicted molar refractivity (Wildman–Crippen MR) is 104 cm³/mol. The zero-order valence-corrected chi connectivity index (χ0v) is 15.9. The second-order valence-electron chi connectivity index (χ2n) is 5.68. The fourth-order valence-electron chi connectivity index (χ4n) is 2.26. The van der Waals surface area contributed by atoms with Gasteiger partial charge in [0.15, 0.2) is 5.96 Å². The number of methoxy groups -OCH3 is 1. The average Bonchev–Trinajstić information content (AvgIpc) is 2.65. The minimum atomic E-state index is -0.0695. The molecule has 0 aliphatic heterocycles. The van der Waals surface area contributed by atoms with E-state index < -0.39 is 0 Å². The van der Waals surface area contributed by atoms with Crippen LogP contribution in [0.1, 0.15) is 12.5 Å². The Morgan fingerprint density at radius 1 is 1.15 bits per heavy atom. The van der Waals surface area contributed by atoms with E-state index in [4.69, 9.17) is 21.1 Å². The topological polar surface area (TPSA) is 75.1 Å². The molecule has 0 saturated heterocycles. The Morgan fingerprint density at radius 2 is 1.85 bits per heavy atom. The lowest BCUT2D eigenvalue weighted by Crippen LogP contribution is -2.41. The molecule has 0 aliphatic rings. The van der Waals surface area contributed by atoms with Gasteiger partial charge in [0.1, 0.15) is 23.4 Å². The number of phenolic OH excluding ortho intramolecular Hbond substituents is 1. The molecule has 0 aromatic heterocycles.